The van der Waals surface area contributed by atoms with Crippen molar-refractivity contribution in [3.05, 3.63) is 33.9 Å². The number of benzene rings is 1. The lowest BCUT2D eigenvalue weighted by Gasteiger charge is -2.11. The van der Waals surface area contributed by atoms with E-state index >= 15 is 0 Å². The molecule has 1 atom stereocenters. The van der Waals surface area contributed by atoms with Gasteiger partial charge in [0.05, 0.1) is 5.02 Å². The Morgan fingerprint density at radius 2 is 2.08 bits per heavy atom. The average Bonchev–Trinajstić information content (AvgIpc) is 2.88. The topological polar surface area (TPSA) is 84.5 Å². The van der Waals surface area contributed by atoms with E-state index in [9.17, 15) is 18.8 Å². The van der Waals surface area contributed by atoms with Crippen LogP contribution in [0.25, 0.3) is 10.1 Å². The fraction of sp³-hybridized carbons (Fsp3) is 0.312. The predicted octanol–water partition coefficient (Wildman–Crippen LogP) is 3.47. The zero-order valence-electron chi connectivity index (χ0n) is 13.5. The Balaban J connectivity index is 1.95. The van der Waals surface area contributed by atoms with E-state index in [2.05, 4.69) is 10.6 Å². The highest BCUT2D eigenvalue weighted by Gasteiger charge is 2.20. The van der Waals surface area contributed by atoms with Crippen molar-refractivity contribution in [2.24, 2.45) is 0 Å². The normalized spacial score (nSPS) is 11.8. The van der Waals surface area contributed by atoms with E-state index in [1.165, 1.54) is 18.2 Å². The van der Waals surface area contributed by atoms with E-state index < -0.39 is 30.3 Å². The molecule has 2 rings (SSSR count). The molecule has 2 aromatic rings. The summed E-state index contributed by atoms with van der Waals surface area (Å²) >= 11 is 7.07. The molecule has 0 bridgehead atoms. The van der Waals surface area contributed by atoms with Crippen LogP contribution in [0.1, 0.15) is 29.9 Å². The first-order chi connectivity index (χ1) is 11.8. The van der Waals surface area contributed by atoms with Crippen molar-refractivity contribution in [2.75, 3.05) is 6.61 Å². The van der Waals surface area contributed by atoms with Crippen molar-refractivity contribution >= 4 is 50.9 Å². The van der Waals surface area contributed by atoms with Crippen LogP contribution in [-0.4, -0.2) is 30.6 Å². The highest BCUT2D eigenvalue weighted by Crippen LogP contribution is 2.36. The maximum atomic E-state index is 13.2. The summed E-state index contributed by atoms with van der Waals surface area (Å²) in [6.45, 7) is 3.04. The van der Waals surface area contributed by atoms with Gasteiger partial charge in [0.15, 0.2) is 6.61 Å². The van der Waals surface area contributed by atoms with Crippen LogP contribution in [0.4, 0.5) is 9.18 Å². The summed E-state index contributed by atoms with van der Waals surface area (Å²) in [7, 11) is 0. The average molecular weight is 387 g/mol. The molecule has 1 aromatic heterocycles. The number of nitrogens with one attached hydrogen (secondary N) is 2. The lowest BCUT2D eigenvalue weighted by Crippen LogP contribution is -2.44. The zero-order chi connectivity index (χ0) is 18.6. The van der Waals surface area contributed by atoms with Gasteiger partial charge in [-0.25, -0.2) is 14.0 Å². The van der Waals surface area contributed by atoms with Gasteiger partial charge in [-0.15, -0.1) is 11.3 Å². The van der Waals surface area contributed by atoms with Gasteiger partial charge in [0.1, 0.15) is 10.7 Å². The van der Waals surface area contributed by atoms with Crippen molar-refractivity contribution in [1.82, 2.24) is 10.6 Å². The molecule has 0 aliphatic rings. The minimum Gasteiger partial charge on any atom is -0.451 e. The third-order valence-corrected chi connectivity index (χ3v) is 4.99. The maximum Gasteiger partial charge on any atom is 0.350 e. The summed E-state index contributed by atoms with van der Waals surface area (Å²) in [5.74, 6) is -2.03. The summed E-state index contributed by atoms with van der Waals surface area (Å²) in [6.07, 6.45) is 0.710. The molecule has 0 unspecified atom stereocenters. The number of carbonyl (C=O) groups excluding carboxylic acids is 3. The van der Waals surface area contributed by atoms with E-state index in [-0.39, 0.29) is 15.9 Å². The summed E-state index contributed by atoms with van der Waals surface area (Å²) in [4.78, 5) is 35.3. The summed E-state index contributed by atoms with van der Waals surface area (Å²) in [6, 6.07) is 3.21. The smallest absolute Gasteiger partial charge is 0.350 e. The number of amides is 3. The highest BCUT2D eigenvalue weighted by molar-refractivity contribution is 7.21. The predicted molar refractivity (Wildman–Crippen MR) is 93.5 cm³/mol. The Morgan fingerprint density at radius 1 is 1.36 bits per heavy atom. The van der Waals surface area contributed by atoms with Crippen LogP contribution < -0.4 is 10.6 Å². The SMILES string of the molecule is CC[C@@H](C)NC(=O)NC(=O)COC(=O)c1sc2cc(F)ccc2c1Cl. The standard InChI is InChI=1S/C16H16ClFN2O4S/c1-3-8(2)19-16(23)20-12(21)7-24-15(22)14-13(17)10-5-4-9(18)6-11(10)25-14/h4-6,8H,3,7H2,1-2H3,(H2,19,20,21,23)/t8-/m1/s1. The summed E-state index contributed by atoms with van der Waals surface area (Å²) in [5.41, 5.74) is 0. The molecule has 25 heavy (non-hydrogen) atoms. The zero-order valence-corrected chi connectivity index (χ0v) is 15.1. The van der Waals surface area contributed by atoms with E-state index in [1.54, 1.807) is 6.92 Å². The molecule has 1 heterocycles. The van der Waals surface area contributed by atoms with Gasteiger partial charge in [-0.1, -0.05) is 18.5 Å². The Labute approximate surface area is 152 Å². The molecule has 0 radical (unpaired) electrons. The molecule has 0 saturated carbocycles. The van der Waals surface area contributed by atoms with Crippen LogP contribution in [0, 0.1) is 5.82 Å². The van der Waals surface area contributed by atoms with Crippen molar-refractivity contribution in [3.63, 3.8) is 0 Å². The van der Waals surface area contributed by atoms with Crippen LogP contribution in [0.3, 0.4) is 0 Å². The number of fused-ring (bicyclic) bond motifs is 1. The maximum absolute atomic E-state index is 13.2. The Bertz CT molecular complexity index is 824. The van der Waals surface area contributed by atoms with E-state index in [1.807, 2.05) is 6.92 Å². The van der Waals surface area contributed by atoms with Crippen molar-refractivity contribution in [1.29, 1.82) is 0 Å². The number of rotatable bonds is 5. The number of esters is 1. The van der Waals surface area contributed by atoms with Crippen LogP contribution in [0.2, 0.25) is 5.02 Å². The van der Waals surface area contributed by atoms with Crippen molar-refractivity contribution < 1.29 is 23.5 Å². The monoisotopic (exact) mass is 386 g/mol. The van der Waals surface area contributed by atoms with Crippen molar-refractivity contribution in [2.45, 2.75) is 26.3 Å². The number of imide groups is 1. The molecule has 0 spiro atoms. The number of hydrogen-bond donors (Lipinski definition) is 2. The van der Waals surface area contributed by atoms with Crippen LogP contribution in [0.5, 0.6) is 0 Å². The largest absolute Gasteiger partial charge is 0.451 e. The van der Waals surface area contributed by atoms with E-state index in [0.29, 0.717) is 16.5 Å². The quantitative estimate of drug-likeness (QED) is 0.770. The first kappa shape index (κ1) is 19.1. The third-order valence-electron chi connectivity index (χ3n) is 3.35. The van der Waals surface area contributed by atoms with Gasteiger partial charge in [-0.05, 0) is 31.5 Å². The van der Waals surface area contributed by atoms with Crippen LogP contribution in [-0.2, 0) is 9.53 Å². The molecule has 0 aliphatic heterocycles. The van der Waals surface area contributed by atoms with Gasteiger partial charge in [-0.3, -0.25) is 10.1 Å². The molecule has 6 nitrogen and oxygen atoms in total. The first-order valence-corrected chi connectivity index (χ1v) is 8.66. The van der Waals surface area contributed by atoms with Gasteiger partial charge >= 0.3 is 12.0 Å². The first-order valence-electron chi connectivity index (χ1n) is 7.46. The minimum absolute atomic E-state index is 0.0686. The second kappa shape index (κ2) is 8.26. The van der Waals surface area contributed by atoms with Crippen LogP contribution in [0.15, 0.2) is 18.2 Å². The molecule has 3 amide bonds. The lowest BCUT2D eigenvalue weighted by molar-refractivity contribution is -0.123. The number of thiophene rings is 1. The minimum atomic E-state index is -0.816. The van der Waals surface area contributed by atoms with Gasteiger partial charge < -0.3 is 10.1 Å². The molecule has 1 aromatic carbocycles. The molecular weight excluding hydrogens is 371 g/mol. The number of hydrogen-bond acceptors (Lipinski definition) is 5. The lowest BCUT2D eigenvalue weighted by atomic mass is 10.2. The van der Waals surface area contributed by atoms with Gasteiger partial charge in [0.25, 0.3) is 5.91 Å². The molecule has 0 aliphatic carbocycles. The number of ether oxygens (including phenoxy) is 1. The Kier molecular flexibility index (Phi) is 6.33. The van der Waals surface area contributed by atoms with Gasteiger partial charge in [0.2, 0.25) is 0 Å². The number of carbonyl (C=O) groups is 3. The van der Waals surface area contributed by atoms with Crippen LogP contribution >= 0.6 is 22.9 Å². The molecule has 9 heteroatoms. The van der Waals surface area contributed by atoms with Gasteiger partial charge in [-0.2, -0.15) is 0 Å². The highest BCUT2D eigenvalue weighted by atomic mass is 35.5. The Hall–Kier alpha value is -2.19. The molecule has 134 valence electrons. The summed E-state index contributed by atoms with van der Waals surface area (Å²) in [5, 5.41) is 5.27. The van der Waals surface area contributed by atoms with Crippen molar-refractivity contribution in [3.8, 4) is 0 Å². The fourth-order valence-corrected chi connectivity index (χ4v) is 3.32. The number of urea groups is 1. The molecule has 0 saturated heterocycles. The van der Waals surface area contributed by atoms with Gasteiger partial charge in [0, 0.05) is 16.1 Å². The Morgan fingerprint density at radius 3 is 2.76 bits per heavy atom. The van der Waals surface area contributed by atoms with E-state index in [0.717, 1.165) is 11.3 Å². The molecular formula is C16H16ClFN2O4S. The molecule has 2 N–H and O–H groups in total. The second-order valence-electron chi connectivity index (χ2n) is 5.29. The molecule has 0 fully saturated rings. The van der Waals surface area contributed by atoms with E-state index in [4.69, 9.17) is 16.3 Å². The summed E-state index contributed by atoms with van der Waals surface area (Å²) < 4.78 is 18.6. The number of halogens is 2. The second-order valence-corrected chi connectivity index (χ2v) is 6.72. The third kappa shape index (κ3) is 4.90. The fourth-order valence-electron chi connectivity index (χ4n) is 1.89.